The van der Waals surface area contributed by atoms with Gasteiger partial charge in [-0.3, -0.25) is 0 Å². The molecule has 3 nitrogen and oxygen atoms in total. The van der Waals surface area contributed by atoms with Gasteiger partial charge in [0.05, 0.1) is 10.5 Å². The van der Waals surface area contributed by atoms with E-state index in [-0.39, 0.29) is 17.9 Å². The summed E-state index contributed by atoms with van der Waals surface area (Å²) in [6.07, 6.45) is 1.07. The number of hydrogen-bond donors (Lipinski definition) is 2. The Labute approximate surface area is 105 Å². The minimum absolute atomic E-state index is 0. The Morgan fingerprint density at radius 2 is 2.06 bits per heavy atom. The zero-order valence-corrected chi connectivity index (χ0v) is 10.2. The van der Waals surface area contributed by atoms with Crippen LogP contribution in [0.3, 0.4) is 0 Å². The summed E-state index contributed by atoms with van der Waals surface area (Å²) in [6.45, 7) is 2.01. The van der Waals surface area contributed by atoms with Crippen molar-refractivity contribution in [3.8, 4) is 0 Å². The van der Waals surface area contributed by atoms with E-state index in [1.165, 1.54) is 16.6 Å². The molecule has 5 heteroatoms. The Hall–Kier alpha value is -0.740. The molecule has 0 amide bonds. The van der Waals surface area contributed by atoms with Gasteiger partial charge in [-0.2, -0.15) is 0 Å². The van der Waals surface area contributed by atoms with Crippen LogP contribution in [0.4, 0.5) is 0 Å². The predicted octanol–water partition coefficient (Wildman–Crippen LogP) is 2.06. The van der Waals surface area contributed by atoms with E-state index in [0.717, 1.165) is 30.0 Å². The Bertz CT molecular complexity index is 496. The number of aromatic nitrogens is 1. The first-order valence-corrected chi connectivity index (χ1v) is 5.23. The second-order valence-electron chi connectivity index (χ2n) is 3.67. The zero-order valence-electron chi connectivity index (χ0n) is 8.64. The van der Waals surface area contributed by atoms with Gasteiger partial charge in [-0.25, -0.2) is 0 Å². The number of benzene rings is 1. The van der Waals surface area contributed by atoms with Crippen LogP contribution in [0, 0.1) is 0 Å². The van der Waals surface area contributed by atoms with E-state index in [1.807, 2.05) is 12.1 Å². The lowest BCUT2D eigenvalue weighted by molar-refractivity contribution is 0.641. The first-order valence-electron chi connectivity index (χ1n) is 4.85. The Morgan fingerprint density at radius 1 is 1.25 bits per heavy atom. The van der Waals surface area contributed by atoms with E-state index < -0.39 is 0 Å². The minimum Gasteiger partial charge on any atom is -0.412 e. The van der Waals surface area contributed by atoms with Crippen LogP contribution in [0.1, 0.15) is 11.3 Å². The number of H-pyrrole nitrogens is 1. The molecule has 0 aliphatic carbocycles. The first kappa shape index (κ1) is 13.3. The Morgan fingerprint density at radius 3 is 2.88 bits per heavy atom. The number of nitrogens with one attached hydrogen (secondary N) is 2. The van der Waals surface area contributed by atoms with Crippen molar-refractivity contribution in [1.82, 2.24) is 10.3 Å². The van der Waals surface area contributed by atoms with Gasteiger partial charge in [0.2, 0.25) is 0 Å². The molecule has 0 bridgehead atoms. The zero-order chi connectivity index (χ0) is 9.54. The van der Waals surface area contributed by atoms with E-state index in [1.54, 1.807) is 0 Å². The van der Waals surface area contributed by atoms with Crippen LogP contribution in [0.2, 0.25) is 5.02 Å². The Balaban J connectivity index is 0.000000640. The van der Waals surface area contributed by atoms with E-state index >= 15 is 0 Å². The molecule has 1 aromatic carbocycles. The van der Waals surface area contributed by atoms with Gasteiger partial charge in [0.15, 0.2) is 0 Å². The topological polar surface area (TPSA) is 59.3 Å². The fourth-order valence-electron chi connectivity index (χ4n) is 2.13. The van der Waals surface area contributed by atoms with Crippen molar-refractivity contribution in [2.75, 3.05) is 6.54 Å². The van der Waals surface area contributed by atoms with Gasteiger partial charge in [0.1, 0.15) is 0 Å². The monoisotopic (exact) mass is 260 g/mol. The molecule has 0 spiro atoms. The molecule has 0 saturated carbocycles. The van der Waals surface area contributed by atoms with E-state index in [2.05, 4.69) is 16.4 Å². The molecule has 2 heterocycles. The quantitative estimate of drug-likeness (QED) is 0.749. The summed E-state index contributed by atoms with van der Waals surface area (Å²) >= 11 is 6.13. The Kier molecular flexibility index (Phi) is 4.21. The van der Waals surface area contributed by atoms with Gasteiger partial charge in [-0.05, 0) is 11.6 Å². The molecule has 0 saturated heterocycles. The molecule has 4 N–H and O–H groups in total. The molecule has 0 radical (unpaired) electrons. The van der Waals surface area contributed by atoms with Gasteiger partial charge < -0.3 is 15.8 Å². The summed E-state index contributed by atoms with van der Waals surface area (Å²) in [7, 11) is 0. The summed E-state index contributed by atoms with van der Waals surface area (Å²) in [4.78, 5) is 3.41. The lowest BCUT2D eigenvalue weighted by Crippen LogP contribution is -2.22. The van der Waals surface area contributed by atoms with Crippen molar-refractivity contribution in [3.05, 3.63) is 34.5 Å². The highest BCUT2D eigenvalue weighted by atomic mass is 35.5. The third kappa shape index (κ3) is 1.92. The van der Waals surface area contributed by atoms with Crippen LogP contribution in [0.5, 0.6) is 0 Å². The van der Waals surface area contributed by atoms with Crippen LogP contribution in [0.15, 0.2) is 18.2 Å². The fraction of sp³-hybridized carbons (Fsp3) is 0.273. The normalized spacial score (nSPS) is 13.8. The fourth-order valence-corrected chi connectivity index (χ4v) is 2.36. The predicted molar refractivity (Wildman–Crippen MR) is 69.6 cm³/mol. The van der Waals surface area contributed by atoms with Gasteiger partial charge >= 0.3 is 0 Å². The SMILES string of the molecule is Cl.Clc1cccc2c3c([nH]c12)CCNC3.O. The molecule has 0 unspecified atom stereocenters. The van der Waals surface area contributed by atoms with E-state index in [4.69, 9.17) is 11.6 Å². The molecule has 0 atom stereocenters. The lowest BCUT2D eigenvalue weighted by Gasteiger charge is -2.12. The molecule has 1 aliphatic heterocycles. The van der Waals surface area contributed by atoms with Crippen molar-refractivity contribution in [2.45, 2.75) is 13.0 Å². The number of halogens is 2. The third-order valence-corrected chi connectivity index (χ3v) is 3.15. The highest BCUT2D eigenvalue weighted by molar-refractivity contribution is 6.35. The maximum atomic E-state index is 6.13. The largest absolute Gasteiger partial charge is 0.412 e. The van der Waals surface area contributed by atoms with Crippen LogP contribution >= 0.6 is 24.0 Å². The van der Waals surface area contributed by atoms with Gasteiger partial charge in [-0.1, -0.05) is 23.7 Å². The number of fused-ring (bicyclic) bond motifs is 3. The van der Waals surface area contributed by atoms with Crippen LogP contribution in [0.25, 0.3) is 10.9 Å². The molecular formula is C11H14Cl2N2O. The molecule has 88 valence electrons. The standard InChI is InChI=1S/C11H11ClN2.ClH.H2O/c12-9-3-1-2-7-8-6-13-5-4-10(8)14-11(7)9;;/h1-3,13-14H,4-6H2;1H;1H2. The van der Waals surface area contributed by atoms with E-state index in [9.17, 15) is 0 Å². The summed E-state index contributed by atoms with van der Waals surface area (Å²) in [5, 5.41) is 5.46. The summed E-state index contributed by atoms with van der Waals surface area (Å²) in [5.41, 5.74) is 3.81. The molecule has 1 aliphatic rings. The van der Waals surface area contributed by atoms with E-state index in [0.29, 0.717) is 0 Å². The molecule has 0 fully saturated rings. The first-order chi connectivity index (χ1) is 6.86. The van der Waals surface area contributed by atoms with Crippen molar-refractivity contribution in [3.63, 3.8) is 0 Å². The summed E-state index contributed by atoms with van der Waals surface area (Å²) in [5.74, 6) is 0. The van der Waals surface area contributed by atoms with Gasteiger partial charge in [-0.15, -0.1) is 12.4 Å². The van der Waals surface area contributed by atoms with Crippen LogP contribution in [-0.4, -0.2) is 17.0 Å². The second kappa shape index (κ2) is 5.06. The van der Waals surface area contributed by atoms with Crippen molar-refractivity contribution < 1.29 is 5.48 Å². The highest BCUT2D eigenvalue weighted by Gasteiger charge is 2.15. The van der Waals surface area contributed by atoms with Crippen molar-refractivity contribution in [2.24, 2.45) is 0 Å². The highest BCUT2D eigenvalue weighted by Crippen LogP contribution is 2.29. The van der Waals surface area contributed by atoms with Crippen LogP contribution < -0.4 is 5.32 Å². The molecule has 2 aromatic rings. The number of hydrogen-bond acceptors (Lipinski definition) is 1. The smallest absolute Gasteiger partial charge is 0.0648 e. The number of rotatable bonds is 0. The molecule has 3 rings (SSSR count). The summed E-state index contributed by atoms with van der Waals surface area (Å²) in [6, 6.07) is 6.07. The molecular weight excluding hydrogens is 247 g/mol. The molecule has 1 aromatic heterocycles. The number of aromatic amines is 1. The number of para-hydroxylation sites is 1. The van der Waals surface area contributed by atoms with Gasteiger partial charge in [0.25, 0.3) is 0 Å². The maximum absolute atomic E-state index is 6.13. The minimum atomic E-state index is 0. The summed E-state index contributed by atoms with van der Waals surface area (Å²) < 4.78 is 0. The maximum Gasteiger partial charge on any atom is 0.0648 e. The second-order valence-corrected chi connectivity index (χ2v) is 4.08. The van der Waals surface area contributed by atoms with Crippen LogP contribution in [-0.2, 0) is 13.0 Å². The average Bonchev–Trinajstić information content (AvgIpc) is 2.59. The third-order valence-electron chi connectivity index (χ3n) is 2.83. The molecule has 16 heavy (non-hydrogen) atoms. The van der Waals surface area contributed by atoms with Gasteiger partial charge in [0, 0.05) is 30.6 Å². The van der Waals surface area contributed by atoms with Crippen molar-refractivity contribution >= 4 is 34.9 Å². The van der Waals surface area contributed by atoms with Crippen molar-refractivity contribution in [1.29, 1.82) is 0 Å². The lowest BCUT2D eigenvalue weighted by atomic mass is 10.1. The average molecular weight is 261 g/mol.